The second-order valence-electron chi connectivity index (χ2n) is 7.78. The summed E-state index contributed by atoms with van der Waals surface area (Å²) in [5.41, 5.74) is 4.54. The molecule has 0 bridgehead atoms. The van der Waals surface area contributed by atoms with Crippen LogP contribution in [0.15, 0.2) is 41.2 Å². The first-order valence-electron chi connectivity index (χ1n) is 9.62. The third-order valence-corrected chi connectivity index (χ3v) is 6.78. The Bertz CT molecular complexity index is 723. The highest BCUT2D eigenvalue weighted by Gasteiger charge is 2.45. The van der Waals surface area contributed by atoms with Gasteiger partial charge in [0, 0.05) is 25.0 Å². The molecule has 3 heterocycles. The van der Waals surface area contributed by atoms with Crippen molar-refractivity contribution in [1.29, 1.82) is 0 Å². The van der Waals surface area contributed by atoms with Gasteiger partial charge in [-0.1, -0.05) is 30.3 Å². The first-order valence-corrected chi connectivity index (χ1v) is 10.6. The van der Waals surface area contributed by atoms with E-state index in [0.29, 0.717) is 5.91 Å². The Labute approximate surface area is 159 Å². The molecule has 1 spiro atoms. The zero-order valence-corrected chi connectivity index (χ0v) is 16.3. The molecule has 4 rings (SSSR count). The van der Waals surface area contributed by atoms with Gasteiger partial charge in [0.25, 0.3) is 0 Å². The summed E-state index contributed by atoms with van der Waals surface area (Å²) >= 11 is 1.67. The number of nitrogens with zero attached hydrogens (tertiary/aromatic N) is 3. The Morgan fingerprint density at radius 1 is 1.23 bits per heavy atom. The Kier molecular flexibility index (Phi) is 5.09. The summed E-state index contributed by atoms with van der Waals surface area (Å²) in [7, 11) is 0. The number of hydrogen-bond acceptors (Lipinski definition) is 4. The van der Waals surface area contributed by atoms with Gasteiger partial charge in [0.2, 0.25) is 5.91 Å². The van der Waals surface area contributed by atoms with E-state index in [4.69, 9.17) is 0 Å². The van der Waals surface area contributed by atoms with Crippen molar-refractivity contribution >= 4 is 17.2 Å². The molecule has 1 atom stereocenters. The molecule has 0 N–H and O–H groups in total. The topological polar surface area (TPSA) is 36.4 Å². The number of likely N-dealkylation sites (tertiary alicyclic amines) is 2. The highest BCUT2D eigenvalue weighted by molar-refractivity contribution is 7.07. The third-order valence-electron chi connectivity index (χ3n) is 6.14. The Balaban J connectivity index is 1.48. The summed E-state index contributed by atoms with van der Waals surface area (Å²) < 4.78 is 0. The van der Waals surface area contributed by atoms with Crippen molar-refractivity contribution in [2.45, 2.75) is 38.6 Å². The molecule has 0 radical (unpaired) electrons. The van der Waals surface area contributed by atoms with Gasteiger partial charge in [-0.3, -0.25) is 9.69 Å². The molecule has 138 valence electrons. The molecule has 0 unspecified atom stereocenters. The van der Waals surface area contributed by atoms with Gasteiger partial charge in [-0.05, 0) is 50.3 Å². The fourth-order valence-electron chi connectivity index (χ4n) is 4.59. The predicted molar refractivity (Wildman–Crippen MR) is 105 cm³/mol. The van der Waals surface area contributed by atoms with E-state index in [1.807, 2.05) is 11.6 Å². The molecule has 0 aliphatic carbocycles. The van der Waals surface area contributed by atoms with Crippen LogP contribution in [0, 0.1) is 5.41 Å². The van der Waals surface area contributed by atoms with E-state index in [9.17, 15) is 4.79 Å². The van der Waals surface area contributed by atoms with Crippen LogP contribution >= 0.6 is 11.3 Å². The van der Waals surface area contributed by atoms with Crippen molar-refractivity contribution in [3.05, 3.63) is 52.5 Å². The van der Waals surface area contributed by atoms with Crippen LogP contribution in [-0.2, 0) is 11.3 Å². The number of carbonyl (C=O) groups excluding carboxylic acids is 1. The monoisotopic (exact) mass is 369 g/mol. The van der Waals surface area contributed by atoms with E-state index in [2.05, 4.69) is 51.4 Å². The zero-order chi connectivity index (χ0) is 18.0. The summed E-state index contributed by atoms with van der Waals surface area (Å²) in [6, 6.07) is 10.4. The van der Waals surface area contributed by atoms with Gasteiger partial charge in [-0.15, -0.1) is 11.3 Å². The molecule has 1 aromatic heterocycles. The number of amides is 1. The van der Waals surface area contributed by atoms with E-state index in [1.165, 1.54) is 24.1 Å². The molecule has 2 aliphatic heterocycles. The van der Waals surface area contributed by atoms with E-state index in [0.717, 1.165) is 39.1 Å². The average molecular weight is 370 g/mol. The SMILES string of the molecule is CCN1CC2(CCN(Cc3cscn3)CC2)C[C@H](c2ccccc2)C1=O. The minimum absolute atomic E-state index is 0.0231. The van der Waals surface area contributed by atoms with Crippen LogP contribution in [0.3, 0.4) is 0 Å². The Morgan fingerprint density at radius 2 is 2.00 bits per heavy atom. The smallest absolute Gasteiger partial charge is 0.230 e. The molecule has 26 heavy (non-hydrogen) atoms. The average Bonchev–Trinajstić information content (AvgIpc) is 3.19. The van der Waals surface area contributed by atoms with Crippen molar-refractivity contribution in [2.75, 3.05) is 26.2 Å². The normalized spacial score (nSPS) is 23.5. The quantitative estimate of drug-likeness (QED) is 0.823. The summed E-state index contributed by atoms with van der Waals surface area (Å²) in [6.07, 6.45) is 3.34. The van der Waals surface area contributed by atoms with Crippen LogP contribution in [0.25, 0.3) is 0 Å². The number of rotatable bonds is 4. The lowest BCUT2D eigenvalue weighted by molar-refractivity contribution is -0.141. The van der Waals surface area contributed by atoms with Gasteiger partial charge in [0.1, 0.15) is 0 Å². The zero-order valence-electron chi connectivity index (χ0n) is 15.4. The van der Waals surface area contributed by atoms with Gasteiger partial charge < -0.3 is 4.90 Å². The van der Waals surface area contributed by atoms with Crippen molar-refractivity contribution in [3.8, 4) is 0 Å². The summed E-state index contributed by atoms with van der Waals surface area (Å²) in [5.74, 6) is 0.337. The molecular weight excluding hydrogens is 342 g/mol. The van der Waals surface area contributed by atoms with E-state index >= 15 is 0 Å². The number of likely N-dealkylation sites (N-methyl/N-ethyl adjacent to an activating group) is 1. The number of benzene rings is 1. The number of piperidine rings is 2. The highest BCUT2D eigenvalue weighted by Crippen LogP contribution is 2.45. The molecular formula is C21H27N3OS. The first kappa shape index (κ1) is 17.7. The first-order chi connectivity index (χ1) is 12.7. The molecule has 0 saturated carbocycles. The minimum atomic E-state index is 0.0231. The Morgan fingerprint density at radius 3 is 2.65 bits per heavy atom. The maximum atomic E-state index is 13.0. The maximum absolute atomic E-state index is 13.0. The van der Waals surface area contributed by atoms with Gasteiger partial charge in [0.05, 0.1) is 17.1 Å². The second-order valence-corrected chi connectivity index (χ2v) is 8.49. The molecule has 2 fully saturated rings. The van der Waals surface area contributed by atoms with Crippen molar-refractivity contribution in [3.63, 3.8) is 0 Å². The fraction of sp³-hybridized carbons (Fsp3) is 0.524. The van der Waals surface area contributed by atoms with Crippen LogP contribution in [0.5, 0.6) is 0 Å². The lowest BCUT2D eigenvalue weighted by Gasteiger charge is -2.49. The Hall–Kier alpha value is -1.72. The van der Waals surface area contributed by atoms with Crippen LogP contribution in [0.4, 0.5) is 0 Å². The van der Waals surface area contributed by atoms with E-state index in [-0.39, 0.29) is 11.3 Å². The lowest BCUT2D eigenvalue weighted by atomic mass is 9.67. The number of hydrogen-bond donors (Lipinski definition) is 0. The summed E-state index contributed by atoms with van der Waals surface area (Å²) in [4.78, 5) is 22.0. The lowest BCUT2D eigenvalue weighted by Crippen LogP contribution is -2.53. The van der Waals surface area contributed by atoms with Crippen LogP contribution in [0.1, 0.15) is 43.4 Å². The van der Waals surface area contributed by atoms with Crippen LogP contribution in [-0.4, -0.2) is 46.9 Å². The molecule has 1 amide bonds. The number of thiazole rings is 1. The van der Waals surface area contributed by atoms with Gasteiger partial charge in [-0.25, -0.2) is 4.98 Å². The molecule has 4 nitrogen and oxygen atoms in total. The standard InChI is InChI=1S/C21H27N3OS/c1-2-24-15-21(12-19(20(24)25)17-6-4-3-5-7-17)8-10-23(11-9-21)13-18-14-26-16-22-18/h3-7,14,16,19H,2,8-13,15H2,1H3/t19-/m1/s1. The third kappa shape index (κ3) is 3.55. The van der Waals surface area contributed by atoms with Crippen molar-refractivity contribution in [1.82, 2.24) is 14.8 Å². The molecule has 2 saturated heterocycles. The second kappa shape index (κ2) is 7.49. The van der Waals surface area contributed by atoms with E-state index in [1.54, 1.807) is 11.3 Å². The molecule has 5 heteroatoms. The minimum Gasteiger partial charge on any atom is -0.342 e. The number of carbonyl (C=O) groups is 1. The largest absolute Gasteiger partial charge is 0.342 e. The van der Waals surface area contributed by atoms with Crippen LogP contribution in [0.2, 0.25) is 0 Å². The molecule has 2 aromatic rings. The maximum Gasteiger partial charge on any atom is 0.230 e. The van der Waals surface area contributed by atoms with Gasteiger partial charge in [0.15, 0.2) is 0 Å². The summed E-state index contributed by atoms with van der Waals surface area (Å²) in [6.45, 7) is 7.01. The molecule has 2 aliphatic rings. The molecule has 1 aromatic carbocycles. The number of aromatic nitrogens is 1. The predicted octanol–water partition coefficient (Wildman–Crippen LogP) is 3.76. The fourth-order valence-corrected chi connectivity index (χ4v) is 5.14. The van der Waals surface area contributed by atoms with Crippen molar-refractivity contribution < 1.29 is 4.79 Å². The van der Waals surface area contributed by atoms with Crippen molar-refractivity contribution in [2.24, 2.45) is 5.41 Å². The van der Waals surface area contributed by atoms with Gasteiger partial charge in [-0.2, -0.15) is 0 Å². The van der Waals surface area contributed by atoms with E-state index < -0.39 is 0 Å². The highest BCUT2D eigenvalue weighted by atomic mass is 32.1. The van der Waals surface area contributed by atoms with Gasteiger partial charge >= 0.3 is 0 Å². The summed E-state index contributed by atoms with van der Waals surface area (Å²) in [5, 5.41) is 2.15. The van der Waals surface area contributed by atoms with Crippen LogP contribution < -0.4 is 0 Å².